The molecule has 4 aromatic rings. The van der Waals surface area contributed by atoms with E-state index in [2.05, 4.69) is 11.1 Å². The molecular weight excluding hydrogens is 416 g/mol. The topological polar surface area (TPSA) is 104 Å². The Morgan fingerprint density at radius 3 is 2.52 bits per heavy atom. The Labute approximate surface area is 191 Å². The van der Waals surface area contributed by atoms with Gasteiger partial charge in [0.2, 0.25) is 11.8 Å². The number of nitriles is 1. The predicted molar refractivity (Wildman–Crippen MR) is 123 cm³/mol. The smallest absolute Gasteiger partial charge is 0.224 e. The number of benzene rings is 2. The molecule has 1 atom stereocenters. The summed E-state index contributed by atoms with van der Waals surface area (Å²) >= 11 is 0. The van der Waals surface area contributed by atoms with Gasteiger partial charge in [0.15, 0.2) is 0 Å². The summed E-state index contributed by atoms with van der Waals surface area (Å²) < 4.78 is 14.9. The minimum atomic E-state index is -0.409. The van der Waals surface area contributed by atoms with Crippen LogP contribution in [-0.4, -0.2) is 26.4 Å². The minimum absolute atomic E-state index is 0.101. The fraction of sp³-hybridized carbons (Fsp3) is 0.160. The number of nitrogens with two attached hydrogens (primary N) is 1. The quantitative estimate of drug-likeness (QED) is 0.505. The summed E-state index contributed by atoms with van der Waals surface area (Å²) in [5.74, 6) is 1.01. The van der Waals surface area contributed by atoms with Gasteiger partial charge >= 0.3 is 0 Å². The lowest BCUT2D eigenvalue weighted by Crippen LogP contribution is -2.22. The Balaban J connectivity index is 1.68. The summed E-state index contributed by atoms with van der Waals surface area (Å²) in [5, 5.41) is 14.8. The molecule has 8 heteroatoms. The normalized spacial score (nSPS) is 15.0. The molecule has 0 saturated heterocycles. The lowest BCUT2D eigenvalue weighted by atomic mass is 9.83. The van der Waals surface area contributed by atoms with Gasteiger partial charge in [-0.2, -0.15) is 10.4 Å². The lowest BCUT2D eigenvalue weighted by Gasteiger charge is -2.25. The minimum Gasteiger partial charge on any atom is -0.497 e. The first-order valence-electron chi connectivity index (χ1n) is 10.6. The van der Waals surface area contributed by atoms with Crippen LogP contribution in [0.3, 0.4) is 0 Å². The van der Waals surface area contributed by atoms with Gasteiger partial charge in [-0.25, -0.2) is 9.67 Å². The summed E-state index contributed by atoms with van der Waals surface area (Å²) in [6.45, 7) is 2.59. The number of allylic oxidation sites excluding steroid dienone is 1. The Morgan fingerprint density at radius 2 is 1.91 bits per heavy atom. The summed E-state index contributed by atoms with van der Waals surface area (Å²) in [6, 6.07) is 17.9. The number of fused-ring (bicyclic) bond motifs is 1. The molecule has 1 aliphatic heterocycles. The highest BCUT2D eigenvalue weighted by Crippen LogP contribution is 2.47. The molecule has 2 aromatic carbocycles. The number of aromatic nitrogens is 4. The molecule has 0 aliphatic carbocycles. The summed E-state index contributed by atoms with van der Waals surface area (Å²) in [6.07, 6.45) is 5.36. The maximum atomic E-state index is 9.99. The number of methoxy groups -OCH3 is 1. The second kappa shape index (κ2) is 8.20. The molecule has 0 spiro atoms. The van der Waals surface area contributed by atoms with Crippen molar-refractivity contribution in [1.82, 2.24) is 19.3 Å². The third-order valence-electron chi connectivity index (χ3n) is 5.80. The highest BCUT2D eigenvalue weighted by Gasteiger charge is 2.37. The zero-order chi connectivity index (χ0) is 22.9. The number of nitrogens with zero attached hydrogens (tertiary/aromatic N) is 5. The van der Waals surface area contributed by atoms with Crippen molar-refractivity contribution in [2.24, 2.45) is 5.73 Å². The van der Waals surface area contributed by atoms with Gasteiger partial charge in [-0.1, -0.05) is 12.1 Å². The van der Waals surface area contributed by atoms with Crippen LogP contribution in [-0.2, 0) is 6.54 Å². The molecule has 1 aliphatic rings. The van der Waals surface area contributed by atoms with Gasteiger partial charge < -0.3 is 19.8 Å². The van der Waals surface area contributed by atoms with Crippen LogP contribution < -0.4 is 15.2 Å². The number of rotatable bonds is 5. The van der Waals surface area contributed by atoms with Crippen molar-refractivity contribution in [2.75, 3.05) is 7.11 Å². The van der Waals surface area contributed by atoms with Crippen LogP contribution in [0.25, 0.3) is 16.9 Å². The molecule has 8 nitrogen and oxygen atoms in total. The summed E-state index contributed by atoms with van der Waals surface area (Å²) in [5.41, 5.74) is 10.9. The maximum Gasteiger partial charge on any atom is 0.224 e. The number of aryl methyl sites for hydroxylation is 1. The average Bonchev–Trinajstić information content (AvgIpc) is 3.52. The van der Waals surface area contributed by atoms with E-state index in [4.69, 9.17) is 20.3 Å². The van der Waals surface area contributed by atoms with Crippen molar-refractivity contribution < 1.29 is 9.47 Å². The van der Waals surface area contributed by atoms with Crippen molar-refractivity contribution in [3.8, 4) is 34.6 Å². The van der Waals surface area contributed by atoms with Gasteiger partial charge in [0, 0.05) is 30.2 Å². The molecule has 0 fully saturated rings. The van der Waals surface area contributed by atoms with Crippen molar-refractivity contribution in [2.45, 2.75) is 19.4 Å². The first kappa shape index (κ1) is 20.4. The number of hydrogen-bond acceptors (Lipinski definition) is 6. The zero-order valence-electron chi connectivity index (χ0n) is 18.3. The first-order chi connectivity index (χ1) is 16.1. The molecule has 0 radical (unpaired) electrons. The first-order valence-corrected chi connectivity index (χ1v) is 10.6. The van der Waals surface area contributed by atoms with Gasteiger partial charge in [0.1, 0.15) is 23.1 Å². The highest BCUT2D eigenvalue weighted by atomic mass is 16.5. The average molecular weight is 438 g/mol. The van der Waals surface area contributed by atoms with E-state index in [9.17, 15) is 5.26 Å². The van der Waals surface area contributed by atoms with Crippen molar-refractivity contribution in [1.29, 1.82) is 5.26 Å². The molecule has 164 valence electrons. The third-order valence-corrected chi connectivity index (χ3v) is 5.80. The van der Waals surface area contributed by atoms with Crippen LogP contribution in [0.4, 0.5) is 0 Å². The fourth-order valence-electron chi connectivity index (χ4n) is 4.15. The SMILES string of the molecule is CCn1nc(-c2ccc(OC)cc2)c2c1OC(N)=C(C#N)C2c1ccc(-n2ccnc2)cc1. The van der Waals surface area contributed by atoms with Gasteiger partial charge in [0.25, 0.3) is 0 Å². The molecule has 33 heavy (non-hydrogen) atoms. The molecule has 0 bridgehead atoms. The van der Waals surface area contributed by atoms with Crippen LogP contribution in [0.1, 0.15) is 24.0 Å². The Bertz CT molecular complexity index is 1360. The standard InChI is InChI=1S/C25H22N6O2/c1-3-31-25-22(23(29-31)17-6-10-19(32-2)11-7-17)21(20(14-26)24(27)33-25)16-4-8-18(9-5-16)30-13-12-28-15-30/h4-13,15,21H,3,27H2,1-2H3. The second-order valence-corrected chi connectivity index (χ2v) is 7.60. The summed E-state index contributed by atoms with van der Waals surface area (Å²) in [7, 11) is 1.63. The monoisotopic (exact) mass is 438 g/mol. The van der Waals surface area contributed by atoms with E-state index in [-0.39, 0.29) is 5.88 Å². The van der Waals surface area contributed by atoms with E-state index < -0.39 is 5.92 Å². The van der Waals surface area contributed by atoms with Gasteiger partial charge in [0.05, 0.1) is 24.9 Å². The van der Waals surface area contributed by atoms with E-state index in [1.807, 2.05) is 66.2 Å². The molecule has 0 saturated carbocycles. The zero-order valence-corrected chi connectivity index (χ0v) is 18.3. The number of imidazole rings is 1. The van der Waals surface area contributed by atoms with E-state index in [1.54, 1.807) is 24.3 Å². The van der Waals surface area contributed by atoms with E-state index in [0.717, 1.165) is 33.8 Å². The van der Waals surface area contributed by atoms with Gasteiger partial charge in [-0.15, -0.1) is 0 Å². The molecule has 3 heterocycles. The second-order valence-electron chi connectivity index (χ2n) is 7.60. The van der Waals surface area contributed by atoms with Gasteiger partial charge in [-0.3, -0.25) is 0 Å². The molecule has 2 N–H and O–H groups in total. The van der Waals surface area contributed by atoms with Gasteiger partial charge in [-0.05, 0) is 48.9 Å². The predicted octanol–water partition coefficient (Wildman–Crippen LogP) is 3.98. The maximum absolute atomic E-state index is 9.99. The number of hydrogen-bond donors (Lipinski definition) is 1. The van der Waals surface area contributed by atoms with Crippen molar-refractivity contribution in [3.05, 3.63) is 89.8 Å². The largest absolute Gasteiger partial charge is 0.497 e. The van der Waals surface area contributed by atoms with E-state index in [0.29, 0.717) is 18.0 Å². The molecular formula is C25H22N6O2. The summed E-state index contributed by atoms with van der Waals surface area (Å²) in [4.78, 5) is 4.10. The van der Waals surface area contributed by atoms with Crippen molar-refractivity contribution >= 4 is 0 Å². The van der Waals surface area contributed by atoms with E-state index >= 15 is 0 Å². The van der Waals surface area contributed by atoms with Crippen LogP contribution in [0.15, 0.2) is 78.7 Å². The van der Waals surface area contributed by atoms with Crippen LogP contribution in [0.5, 0.6) is 11.6 Å². The molecule has 1 unspecified atom stereocenters. The lowest BCUT2D eigenvalue weighted by molar-refractivity contribution is 0.350. The number of ether oxygens (including phenoxy) is 2. The van der Waals surface area contributed by atoms with E-state index in [1.165, 1.54) is 0 Å². The Kier molecular flexibility index (Phi) is 5.07. The van der Waals surface area contributed by atoms with Crippen LogP contribution in [0, 0.1) is 11.3 Å². The van der Waals surface area contributed by atoms with Crippen LogP contribution >= 0.6 is 0 Å². The molecule has 2 aromatic heterocycles. The van der Waals surface area contributed by atoms with Crippen molar-refractivity contribution in [3.63, 3.8) is 0 Å². The Hall–Kier alpha value is -4.51. The Morgan fingerprint density at radius 1 is 1.15 bits per heavy atom. The fourth-order valence-corrected chi connectivity index (χ4v) is 4.15. The highest BCUT2D eigenvalue weighted by molar-refractivity contribution is 5.71. The molecule has 5 rings (SSSR count). The van der Waals surface area contributed by atoms with Crippen LogP contribution in [0.2, 0.25) is 0 Å². The molecule has 0 amide bonds. The third kappa shape index (κ3) is 3.40.